The van der Waals surface area contributed by atoms with Gasteiger partial charge in [-0.2, -0.15) is 0 Å². The van der Waals surface area contributed by atoms with E-state index < -0.39 is 73.1 Å². The highest BCUT2D eigenvalue weighted by Gasteiger charge is 2.27. The summed E-state index contributed by atoms with van der Waals surface area (Å²) in [6, 6.07) is -4.40. The summed E-state index contributed by atoms with van der Waals surface area (Å²) in [5.41, 5.74) is 16.0. The molecule has 3 atom stereocenters. The summed E-state index contributed by atoms with van der Waals surface area (Å²) in [5.74, 6) is -7.55. The number of guanidine groups is 1. The van der Waals surface area contributed by atoms with E-state index in [4.69, 9.17) is 32.5 Å². The normalized spacial score (nSPS) is 13.0. The lowest BCUT2D eigenvalue weighted by Gasteiger charge is -2.19. The fourth-order valence-electron chi connectivity index (χ4n) is 2.22. The number of nitrogens with one attached hydrogen (secondary N) is 3. The number of aliphatic imine (C=N–C) groups is 1. The molecular formula is C16H27N7O9. The van der Waals surface area contributed by atoms with Crippen LogP contribution in [0.1, 0.15) is 25.7 Å². The third kappa shape index (κ3) is 12.6. The average Bonchev–Trinajstić information content (AvgIpc) is 2.67. The minimum Gasteiger partial charge on any atom is -0.481 e. The van der Waals surface area contributed by atoms with Crippen LogP contribution in [-0.4, -0.2) is 88.1 Å². The van der Waals surface area contributed by atoms with Gasteiger partial charge in [-0.1, -0.05) is 0 Å². The number of rotatable bonds is 15. The number of nitrogens with two attached hydrogens (primary N) is 3. The predicted molar refractivity (Wildman–Crippen MR) is 107 cm³/mol. The molecule has 0 saturated heterocycles. The highest BCUT2D eigenvalue weighted by Crippen LogP contribution is 1.99. The highest BCUT2D eigenvalue weighted by atomic mass is 16.4. The Morgan fingerprint density at radius 3 is 1.91 bits per heavy atom. The second kappa shape index (κ2) is 14.1. The van der Waals surface area contributed by atoms with Gasteiger partial charge in [0, 0.05) is 6.54 Å². The lowest BCUT2D eigenvalue weighted by Crippen LogP contribution is -2.54. The van der Waals surface area contributed by atoms with Crippen molar-refractivity contribution < 1.29 is 44.1 Å². The molecule has 0 aliphatic rings. The molecule has 0 aliphatic heterocycles. The Hall–Kier alpha value is -3.95. The number of carboxylic acid groups (broad SMARTS) is 3. The largest absolute Gasteiger partial charge is 0.481 e. The molecule has 0 rings (SSSR count). The molecule has 0 spiro atoms. The molecular weight excluding hydrogens is 434 g/mol. The Labute approximate surface area is 181 Å². The van der Waals surface area contributed by atoms with Gasteiger partial charge in [0.25, 0.3) is 0 Å². The van der Waals surface area contributed by atoms with Crippen LogP contribution in [0.15, 0.2) is 4.99 Å². The third-order valence-electron chi connectivity index (χ3n) is 3.75. The zero-order chi connectivity index (χ0) is 24.8. The smallest absolute Gasteiger partial charge is 0.326 e. The Bertz CT molecular complexity index is 752. The van der Waals surface area contributed by atoms with Crippen LogP contribution in [0, 0.1) is 0 Å². The second-order valence-electron chi connectivity index (χ2n) is 6.49. The van der Waals surface area contributed by atoms with Crippen molar-refractivity contribution in [2.45, 2.75) is 43.8 Å². The number of nitrogens with zero attached hydrogens (tertiary/aromatic N) is 1. The first-order valence-electron chi connectivity index (χ1n) is 9.18. The Morgan fingerprint density at radius 2 is 1.41 bits per heavy atom. The minimum atomic E-state index is -1.73. The fraction of sp³-hybridized carbons (Fsp3) is 0.562. The van der Waals surface area contributed by atoms with E-state index in [9.17, 15) is 28.8 Å². The van der Waals surface area contributed by atoms with Crippen LogP contribution >= 0.6 is 0 Å². The number of carbonyl (C=O) groups excluding carboxylic acids is 3. The van der Waals surface area contributed by atoms with Crippen molar-refractivity contribution in [1.82, 2.24) is 16.0 Å². The van der Waals surface area contributed by atoms with E-state index >= 15 is 0 Å². The van der Waals surface area contributed by atoms with E-state index in [0.717, 1.165) is 0 Å². The van der Waals surface area contributed by atoms with Gasteiger partial charge in [0.05, 0.1) is 25.4 Å². The number of carboxylic acids is 3. The van der Waals surface area contributed by atoms with Crippen molar-refractivity contribution in [2.24, 2.45) is 22.2 Å². The lowest BCUT2D eigenvalue weighted by molar-refractivity contribution is -0.147. The maximum Gasteiger partial charge on any atom is 0.326 e. The first-order chi connectivity index (χ1) is 14.8. The maximum atomic E-state index is 12.2. The van der Waals surface area contributed by atoms with E-state index in [1.165, 1.54) is 0 Å². The molecule has 180 valence electrons. The summed E-state index contributed by atoms with van der Waals surface area (Å²) in [7, 11) is 0. The van der Waals surface area contributed by atoms with Gasteiger partial charge in [-0.3, -0.25) is 29.0 Å². The van der Waals surface area contributed by atoms with Crippen molar-refractivity contribution in [3.63, 3.8) is 0 Å². The van der Waals surface area contributed by atoms with Crippen molar-refractivity contribution in [3.8, 4) is 0 Å². The average molecular weight is 461 g/mol. The van der Waals surface area contributed by atoms with E-state index in [1.807, 2.05) is 10.6 Å². The van der Waals surface area contributed by atoms with Crippen LogP contribution in [0.4, 0.5) is 0 Å². The fourth-order valence-corrected chi connectivity index (χ4v) is 2.22. The van der Waals surface area contributed by atoms with Crippen LogP contribution in [0.3, 0.4) is 0 Å². The summed E-state index contributed by atoms with van der Waals surface area (Å²) in [4.78, 5) is 72.4. The van der Waals surface area contributed by atoms with Crippen LogP contribution < -0.4 is 33.2 Å². The molecule has 3 amide bonds. The molecule has 0 saturated carbocycles. The molecule has 0 unspecified atom stereocenters. The van der Waals surface area contributed by atoms with Crippen LogP contribution in [0.25, 0.3) is 0 Å². The molecule has 0 aromatic heterocycles. The minimum absolute atomic E-state index is 0.132. The van der Waals surface area contributed by atoms with E-state index in [0.29, 0.717) is 6.42 Å². The van der Waals surface area contributed by atoms with Gasteiger partial charge in [-0.15, -0.1) is 0 Å². The first kappa shape index (κ1) is 28.0. The highest BCUT2D eigenvalue weighted by molar-refractivity contribution is 5.94. The van der Waals surface area contributed by atoms with Gasteiger partial charge in [0.2, 0.25) is 17.7 Å². The zero-order valence-corrected chi connectivity index (χ0v) is 16.9. The summed E-state index contributed by atoms with van der Waals surface area (Å²) < 4.78 is 0. The molecule has 0 aromatic carbocycles. The van der Waals surface area contributed by atoms with Crippen LogP contribution in [-0.2, 0) is 28.8 Å². The Kier molecular flexibility index (Phi) is 12.4. The number of hydrogen-bond acceptors (Lipinski definition) is 8. The molecule has 0 aromatic rings. The SMILES string of the molecule is NC(N)=NCCC[C@H](N)C(=O)N[C@@H](CC(=O)O)C(=O)NCC(=O)N[C@@H](CC(=O)O)C(=O)O. The van der Waals surface area contributed by atoms with E-state index in [1.54, 1.807) is 0 Å². The molecule has 0 bridgehead atoms. The molecule has 0 fully saturated rings. The number of hydrogen-bond donors (Lipinski definition) is 9. The number of carbonyl (C=O) groups is 6. The van der Waals surface area contributed by atoms with Crippen molar-refractivity contribution in [2.75, 3.05) is 13.1 Å². The predicted octanol–water partition coefficient (Wildman–Crippen LogP) is -4.51. The summed E-state index contributed by atoms with van der Waals surface area (Å²) in [6.45, 7) is -0.588. The number of amides is 3. The summed E-state index contributed by atoms with van der Waals surface area (Å²) >= 11 is 0. The molecule has 0 heterocycles. The van der Waals surface area contributed by atoms with Gasteiger partial charge in [-0.25, -0.2) is 4.79 Å². The van der Waals surface area contributed by atoms with Crippen LogP contribution in [0.5, 0.6) is 0 Å². The van der Waals surface area contributed by atoms with E-state index in [-0.39, 0.29) is 18.9 Å². The maximum absolute atomic E-state index is 12.2. The molecule has 0 radical (unpaired) electrons. The van der Waals surface area contributed by atoms with Crippen molar-refractivity contribution in [3.05, 3.63) is 0 Å². The van der Waals surface area contributed by atoms with Gasteiger partial charge in [0.1, 0.15) is 12.1 Å². The standard InChI is InChI=1S/C16H27N7O9/c17-7(2-1-3-20-16(18)19)13(29)23-8(4-11(25)26)14(30)21-6-10(24)22-9(15(31)32)5-12(27)28/h7-9H,1-6,17H2,(H,21,30)(H,22,24)(H,23,29)(H,25,26)(H,27,28)(H,31,32)(H4,18,19,20)/t7-,8-,9-/m0/s1. The van der Waals surface area contributed by atoms with Gasteiger partial charge in [0.15, 0.2) is 5.96 Å². The summed E-state index contributed by atoms with van der Waals surface area (Å²) in [5, 5.41) is 32.6. The molecule has 12 N–H and O–H groups in total. The van der Waals surface area contributed by atoms with Gasteiger partial charge >= 0.3 is 17.9 Å². The van der Waals surface area contributed by atoms with Crippen molar-refractivity contribution >= 4 is 41.6 Å². The van der Waals surface area contributed by atoms with E-state index in [2.05, 4.69) is 10.3 Å². The lowest BCUT2D eigenvalue weighted by atomic mass is 10.1. The van der Waals surface area contributed by atoms with Crippen LogP contribution in [0.2, 0.25) is 0 Å². The molecule has 16 heteroatoms. The Balaban J connectivity index is 4.83. The van der Waals surface area contributed by atoms with Gasteiger partial charge in [-0.05, 0) is 12.8 Å². The summed E-state index contributed by atoms with van der Waals surface area (Å²) in [6.07, 6.45) is -1.25. The Morgan fingerprint density at radius 1 is 0.844 bits per heavy atom. The topological polar surface area (TPSA) is 290 Å². The quantitative estimate of drug-likeness (QED) is 0.0633. The monoisotopic (exact) mass is 461 g/mol. The molecule has 0 aliphatic carbocycles. The zero-order valence-electron chi connectivity index (χ0n) is 16.9. The second-order valence-corrected chi connectivity index (χ2v) is 6.49. The first-order valence-corrected chi connectivity index (χ1v) is 9.18. The third-order valence-corrected chi connectivity index (χ3v) is 3.75. The molecule has 32 heavy (non-hydrogen) atoms. The van der Waals surface area contributed by atoms with Crippen molar-refractivity contribution in [1.29, 1.82) is 0 Å². The molecule has 16 nitrogen and oxygen atoms in total. The van der Waals surface area contributed by atoms with Gasteiger partial charge < -0.3 is 48.5 Å². The number of aliphatic carboxylic acids is 3.